The van der Waals surface area contributed by atoms with Crippen molar-refractivity contribution in [1.82, 2.24) is 4.90 Å². The molecule has 1 rings (SSSR count). The van der Waals surface area contributed by atoms with Gasteiger partial charge in [0.05, 0.1) is 18.1 Å². The molecule has 104 valence electrons. The summed E-state index contributed by atoms with van der Waals surface area (Å²) in [5.74, 6) is -0.467. The second-order valence-electron chi connectivity index (χ2n) is 3.91. The predicted molar refractivity (Wildman–Crippen MR) is 82.4 cm³/mol. The molecule has 0 unspecified atom stereocenters. The van der Waals surface area contributed by atoms with Crippen molar-refractivity contribution in [2.75, 3.05) is 20.2 Å². The quantitative estimate of drug-likeness (QED) is 0.569. The molecule has 0 aliphatic rings. The summed E-state index contributed by atoms with van der Waals surface area (Å²) in [6.07, 6.45) is 0.189. The number of rotatable bonds is 5. The van der Waals surface area contributed by atoms with E-state index in [2.05, 4.69) is 22.6 Å². The fourth-order valence-corrected chi connectivity index (χ4v) is 1.96. The number of amides is 1. The first-order chi connectivity index (χ1) is 8.95. The summed E-state index contributed by atoms with van der Waals surface area (Å²) in [6, 6.07) is 5.14. The van der Waals surface area contributed by atoms with Crippen molar-refractivity contribution in [3.05, 3.63) is 32.4 Å². The minimum absolute atomic E-state index is 0.164. The molecule has 0 aromatic heterocycles. The molecule has 0 saturated carbocycles. The smallest absolute Gasteiger partial charge is 0.307 e. The van der Waals surface area contributed by atoms with E-state index in [-0.39, 0.29) is 18.3 Å². The second kappa shape index (κ2) is 7.69. The Bertz CT molecular complexity index is 479. The van der Waals surface area contributed by atoms with Crippen molar-refractivity contribution in [1.29, 1.82) is 0 Å². The maximum atomic E-state index is 12.1. The summed E-state index contributed by atoms with van der Waals surface area (Å²) in [7, 11) is 1.65. The number of carbonyl (C=O) groups excluding carboxylic acids is 2. The average Bonchev–Trinajstić information content (AvgIpc) is 2.38. The summed E-state index contributed by atoms with van der Waals surface area (Å²) in [5, 5.41) is 0.547. The van der Waals surface area contributed by atoms with E-state index >= 15 is 0 Å². The zero-order valence-electron chi connectivity index (χ0n) is 10.8. The van der Waals surface area contributed by atoms with E-state index in [0.29, 0.717) is 23.7 Å². The van der Waals surface area contributed by atoms with E-state index < -0.39 is 0 Å². The fraction of sp³-hybridized carbons (Fsp3) is 0.385. The number of halogens is 2. The van der Waals surface area contributed by atoms with Gasteiger partial charge in [0.25, 0.3) is 5.91 Å². The third kappa shape index (κ3) is 4.99. The Morgan fingerprint density at radius 3 is 2.68 bits per heavy atom. The van der Waals surface area contributed by atoms with E-state index in [1.807, 2.05) is 0 Å². The molecule has 0 bridgehead atoms. The summed E-state index contributed by atoms with van der Waals surface area (Å²) in [6.45, 7) is 2.42. The highest BCUT2D eigenvalue weighted by atomic mass is 127. The molecule has 0 spiro atoms. The van der Waals surface area contributed by atoms with E-state index in [9.17, 15) is 9.59 Å². The van der Waals surface area contributed by atoms with Crippen molar-refractivity contribution >= 4 is 46.1 Å². The van der Waals surface area contributed by atoms with Gasteiger partial charge in [0.2, 0.25) is 0 Å². The lowest BCUT2D eigenvalue weighted by Crippen LogP contribution is -2.29. The van der Waals surface area contributed by atoms with Gasteiger partial charge in [-0.25, -0.2) is 0 Å². The fourth-order valence-electron chi connectivity index (χ4n) is 1.44. The van der Waals surface area contributed by atoms with Crippen LogP contribution in [0.15, 0.2) is 18.2 Å². The number of hydrogen-bond acceptors (Lipinski definition) is 3. The molecule has 0 aliphatic carbocycles. The van der Waals surface area contributed by atoms with Gasteiger partial charge in [-0.3, -0.25) is 9.59 Å². The predicted octanol–water partition coefficient (Wildman–Crippen LogP) is 2.97. The van der Waals surface area contributed by atoms with Gasteiger partial charge < -0.3 is 9.64 Å². The van der Waals surface area contributed by atoms with Gasteiger partial charge in [-0.1, -0.05) is 11.6 Å². The normalized spacial score (nSPS) is 10.1. The first-order valence-electron chi connectivity index (χ1n) is 5.81. The maximum Gasteiger partial charge on any atom is 0.307 e. The van der Waals surface area contributed by atoms with Crippen LogP contribution in [-0.4, -0.2) is 37.0 Å². The molecule has 0 atom stereocenters. The lowest BCUT2D eigenvalue weighted by molar-refractivity contribution is -0.143. The third-order valence-corrected chi connectivity index (χ3v) is 4.04. The number of hydrogen-bond donors (Lipinski definition) is 0. The Hall–Kier alpha value is -0.820. The van der Waals surface area contributed by atoms with Crippen molar-refractivity contribution in [2.45, 2.75) is 13.3 Å². The minimum Gasteiger partial charge on any atom is -0.466 e. The van der Waals surface area contributed by atoms with E-state index in [0.717, 1.165) is 3.57 Å². The molecule has 0 radical (unpaired) electrons. The van der Waals surface area contributed by atoms with Gasteiger partial charge in [-0.05, 0) is 47.7 Å². The number of nitrogens with zero attached hydrogens (tertiary/aromatic N) is 1. The highest BCUT2D eigenvalue weighted by Crippen LogP contribution is 2.20. The van der Waals surface area contributed by atoms with E-state index in [4.69, 9.17) is 16.3 Å². The van der Waals surface area contributed by atoms with Crippen LogP contribution in [0, 0.1) is 3.57 Å². The number of ether oxygens (including phenoxy) is 1. The van der Waals surface area contributed by atoms with Crippen LogP contribution in [0.4, 0.5) is 0 Å². The molecular weight excluding hydrogens is 381 g/mol. The zero-order chi connectivity index (χ0) is 14.4. The highest BCUT2D eigenvalue weighted by Gasteiger charge is 2.14. The molecule has 0 N–H and O–H groups in total. The lowest BCUT2D eigenvalue weighted by atomic mass is 10.2. The van der Waals surface area contributed by atoms with Crippen LogP contribution in [0.1, 0.15) is 23.7 Å². The van der Waals surface area contributed by atoms with Crippen LogP contribution in [-0.2, 0) is 9.53 Å². The molecule has 0 aliphatic heterocycles. The lowest BCUT2D eigenvalue weighted by Gasteiger charge is -2.17. The first-order valence-corrected chi connectivity index (χ1v) is 7.27. The Kier molecular flexibility index (Phi) is 6.57. The van der Waals surface area contributed by atoms with Crippen molar-refractivity contribution in [2.24, 2.45) is 0 Å². The van der Waals surface area contributed by atoms with Crippen molar-refractivity contribution in [3.63, 3.8) is 0 Å². The molecule has 1 amide bonds. The summed E-state index contributed by atoms with van der Waals surface area (Å²) >= 11 is 8.08. The summed E-state index contributed by atoms with van der Waals surface area (Å²) in [4.78, 5) is 24.8. The minimum atomic E-state index is -0.303. The Morgan fingerprint density at radius 2 is 2.11 bits per heavy atom. The standard InChI is InChI=1S/C13H15ClINO3/c1-3-19-12(17)6-7-16(2)13(18)9-4-5-11(15)10(14)8-9/h4-5,8H,3,6-7H2,1-2H3. The molecule has 0 heterocycles. The largest absolute Gasteiger partial charge is 0.466 e. The van der Waals surface area contributed by atoms with Crippen LogP contribution >= 0.6 is 34.2 Å². The highest BCUT2D eigenvalue weighted by molar-refractivity contribution is 14.1. The molecule has 4 nitrogen and oxygen atoms in total. The van der Waals surface area contributed by atoms with Crippen molar-refractivity contribution < 1.29 is 14.3 Å². The molecular formula is C13H15ClINO3. The van der Waals surface area contributed by atoms with Crippen molar-refractivity contribution in [3.8, 4) is 0 Å². The molecule has 19 heavy (non-hydrogen) atoms. The van der Waals surface area contributed by atoms with E-state index in [1.54, 1.807) is 32.2 Å². The molecule has 1 aromatic carbocycles. The number of carbonyl (C=O) groups is 2. The Morgan fingerprint density at radius 1 is 1.42 bits per heavy atom. The topological polar surface area (TPSA) is 46.6 Å². The summed E-state index contributed by atoms with van der Waals surface area (Å²) in [5.41, 5.74) is 0.511. The maximum absolute atomic E-state index is 12.1. The number of esters is 1. The number of benzene rings is 1. The van der Waals surface area contributed by atoms with Crippen LogP contribution in [0.3, 0.4) is 0 Å². The van der Waals surface area contributed by atoms with Crippen LogP contribution in [0.5, 0.6) is 0 Å². The van der Waals surface area contributed by atoms with Gasteiger partial charge >= 0.3 is 5.97 Å². The average molecular weight is 396 g/mol. The van der Waals surface area contributed by atoms with Crippen LogP contribution < -0.4 is 0 Å². The van der Waals surface area contributed by atoms with Gasteiger partial charge in [-0.15, -0.1) is 0 Å². The van der Waals surface area contributed by atoms with Gasteiger partial charge in [-0.2, -0.15) is 0 Å². The van der Waals surface area contributed by atoms with Gasteiger partial charge in [0.15, 0.2) is 0 Å². The molecule has 0 saturated heterocycles. The van der Waals surface area contributed by atoms with Gasteiger partial charge in [0, 0.05) is 22.7 Å². The second-order valence-corrected chi connectivity index (χ2v) is 5.48. The van der Waals surface area contributed by atoms with Gasteiger partial charge in [0.1, 0.15) is 0 Å². The van der Waals surface area contributed by atoms with Crippen LogP contribution in [0.2, 0.25) is 5.02 Å². The SMILES string of the molecule is CCOC(=O)CCN(C)C(=O)c1ccc(I)c(Cl)c1. The molecule has 0 fully saturated rings. The molecule has 6 heteroatoms. The zero-order valence-corrected chi connectivity index (χ0v) is 13.7. The Labute approximate surface area is 131 Å². The third-order valence-electron chi connectivity index (χ3n) is 2.47. The Balaban J connectivity index is 2.61. The van der Waals surface area contributed by atoms with E-state index in [1.165, 1.54) is 4.90 Å². The molecule has 1 aromatic rings. The summed E-state index contributed by atoms with van der Waals surface area (Å²) < 4.78 is 5.71. The monoisotopic (exact) mass is 395 g/mol. The first kappa shape index (κ1) is 16.2. The van der Waals surface area contributed by atoms with Crippen LogP contribution in [0.25, 0.3) is 0 Å².